The summed E-state index contributed by atoms with van der Waals surface area (Å²) in [5.41, 5.74) is 0.298. The molecule has 1 atom stereocenters. The van der Waals surface area contributed by atoms with E-state index < -0.39 is 0 Å². The lowest BCUT2D eigenvalue weighted by atomic mass is 9.83. The number of ether oxygens (including phenoxy) is 1. The fraction of sp³-hybridized carbons (Fsp3) is 1.00. The Balaban J connectivity index is 1.44. The van der Waals surface area contributed by atoms with Gasteiger partial charge in [0.15, 0.2) is 0 Å². The zero-order valence-corrected chi connectivity index (χ0v) is 12.5. The quantitative estimate of drug-likeness (QED) is 0.849. The van der Waals surface area contributed by atoms with E-state index in [1.54, 1.807) is 0 Å². The third-order valence-electron chi connectivity index (χ3n) is 5.56. The van der Waals surface area contributed by atoms with E-state index in [-0.39, 0.29) is 0 Å². The first-order valence-electron chi connectivity index (χ1n) is 8.37. The van der Waals surface area contributed by atoms with Crippen LogP contribution in [0.2, 0.25) is 0 Å². The lowest BCUT2D eigenvalue weighted by Crippen LogP contribution is -2.44. The van der Waals surface area contributed by atoms with Crippen molar-refractivity contribution in [1.29, 1.82) is 0 Å². The average molecular weight is 266 g/mol. The molecule has 0 aromatic rings. The highest BCUT2D eigenvalue weighted by Crippen LogP contribution is 2.42. The van der Waals surface area contributed by atoms with Gasteiger partial charge in [0, 0.05) is 12.6 Å². The van der Waals surface area contributed by atoms with Crippen molar-refractivity contribution in [2.24, 2.45) is 0 Å². The Labute approximate surface area is 118 Å². The molecule has 0 aromatic heterocycles. The molecule has 110 valence electrons. The molecule has 1 saturated carbocycles. The van der Waals surface area contributed by atoms with Gasteiger partial charge in [-0.3, -0.25) is 0 Å². The SMILES string of the molecule is CNC1CCN(CC2CCC3(CCCCC3)O2)CC1. The van der Waals surface area contributed by atoms with Crippen LogP contribution in [0.4, 0.5) is 0 Å². The van der Waals surface area contributed by atoms with E-state index in [0.29, 0.717) is 11.7 Å². The fourth-order valence-electron chi connectivity index (χ4n) is 4.28. The molecule has 19 heavy (non-hydrogen) atoms. The van der Waals surface area contributed by atoms with Crippen LogP contribution in [0.5, 0.6) is 0 Å². The molecule has 3 aliphatic rings. The molecule has 2 saturated heterocycles. The van der Waals surface area contributed by atoms with E-state index in [4.69, 9.17) is 4.74 Å². The monoisotopic (exact) mass is 266 g/mol. The summed E-state index contributed by atoms with van der Waals surface area (Å²) in [4.78, 5) is 2.63. The van der Waals surface area contributed by atoms with Crippen LogP contribution in [-0.2, 0) is 4.74 Å². The van der Waals surface area contributed by atoms with Crippen LogP contribution in [0.25, 0.3) is 0 Å². The van der Waals surface area contributed by atoms with Crippen LogP contribution in [0.15, 0.2) is 0 Å². The number of rotatable bonds is 3. The second kappa shape index (κ2) is 6.11. The number of hydrogen-bond acceptors (Lipinski definition) is 3. The summed E-state index contributed by atoms with van der Waals surface area (Å²) < 4.78 is 6.49. The van der Waals surface area contributed by atoms with E-state index in [9.17, 15) is 0 Å². The summed E-state index contributed by atoms with van der Waals surface area (Å²) in [7, 11) is 2.09. The van der Waals surface area contributed by atoms with Gasteiger partial charge in [-0.25, -0.2) is 0 Å². The van der Waals surface area contributed by atoms with Crippen molar-refractivity contribution in [3.8, 4) is 0 Å². The van der Waals surface area contributed by atoms with Crippen LogP contribution < -0.4 is 5.32 Å². The summed E-state index contributed by atoms with van der Waals surface area (Å²) in [6, 6.07) is 0.741. The molecule has 0 amide bonds. The molecular formula is C16H30N2O. The van der Waals surface area contributed by atoms with E-state index in [0.717, 1.165) is 6.04 Å². The standard InChI is InChI=1S/C16H30N2O/c1-17-14-6-11-18(12-7-14)13-15-5-10-16(19-15)8-3-2-4-9-16/h14-15,17H,2-13H2,1H3. The minimum atomic E-state index is 0.298. The number of nitrogens with zero attached hydrogens (tertiary/aromatic N) is 1. The number of hydrogen-bond donors (Lipinski definition) is 1. The first kappa shape index (κ1) is 13.8. The highest BCUT2D eigenvalue weighted by atomic mass is 16.5. The van der Waals surface area contributed by atoms with Crippen molar-refractivity contribution < 1.29 is 4.74 Å². The van der Waals surface area contributed by atoms with Crippen molar-refractivity contribution >= 4 is 0 Å². The van der Waals surface area contributed by atoms with Gasteiger partial charge < -0.3 is 15.0 Å². The van der Waals surface area contributed by atoms with E-state index in [2.05, 4.69) is 17.3 Å². The molecule has 0 radical (unpaired) electrons. The lowest BCUT2D eigenvalue weighted by Gasteiger charge is -2.36. The fourth-order valence-corrected chi connectivity index (χ4v) is 4.28. The lowest BCUT2D eigenvalue weighted by molar-refractivity contribution is -0.0731. The van der Waals surface area contributed by atoms with Gasteiger partial charge in [-0.15, -0.1) is 0 Å². The number of likely N-dealkylation sites (tertiary alicyclic amines) is 1. The molecule has 0 aromatic carbocycles. The van der Waals surface area contributed by atoms with Crippen molar-refractivity contribution in [3.05, 3.63) is 0 Å². The summed E-state index contributed by atoms with van der Waals surface area (Å²) in [6.45, 7) is 3.68. The Hall–Kier alpha value is -0.120. The minimum Gasteiger partial charge on any atom is -0.370 e. The molecule has 0 bridgehead atoms. The highest BCUT2D eigenvalue weighted by Gasteiger charge is 2.41. The number of piperidine rings is 1. The van der Waals surface area contributed by atoms with Crippen LogP contribution in [0.3, 0.4) is 0 Å². The molecule has 2 aliphatic heterocycles. The minimum absolute atomic E-state index is 0.298. The largest absolute Gasteiger partial charge is 0.370 e. The van der Waals surface area contributed by atoms with Crippen LogP contribution in [0, 0.1) is 0 Å². The van der Waals surface area contributed by atoms with E-state index >= 15 is 0 Å². The van der Waals surface area contributed by atoms with Crippen LogP contribution >= 0.6 is 0 Å². The molecule has 1 spiro atoms. The Morgan fingerprint density at radius 1 is 1.05 bits per heavy atom. The zero-order chi connectivity index (χ0) is 13.1. The van der Waals surface area contributed by atoms with E-state index in [1.165, 1.54) is 77.4 Å². The molecule has 1 N–H and O–H groups in total. The van der Waals surface area contributed by atoms with Gasteiger partial charge in [0.05, 0.1) is 11.7 Å². The first-order chi connectivity index (χ1) is 9.30. The third kappa shape index (κ3) is 3.32. The Morgan fingerprint density at radius 3 is 2.47 bits per heavy atom. The molecule has 3 fully saturated rings. The first-order valence-corrected chi connectivity index (χ1v) is 8.37. The summed E-state index contributed by atoms with van der Waals surface area (Å²) >= 11 is 0. The van der Waals surface area contributed by atoms with Crippen LogP contribution in [0.1, 0.15) is 57.8 Å². The van der Waals surface area contributed by atoms with Crippen molar-refractivity contribution in [1.82, 2.24) is 10.2 Å². The molecular weight excluding hydrogens is 236 g/mol. The van der Waals surface area contributed by atoms with E-state index in [1.807, 2.05) is 0 Å². The second-order valence-corrected chi connectivity index (χ2v) is 6.89. The van der Waals surface area contributed by atoms with Crippen molar-refractivity contribution in [2.75, 3.05) is 26.7 Å². The average Bonchev–Trinajstić information content (AvgIpc) is 2.83. The van der Waals surface area contributed by atoms with Gasteiger partial charge in [0.25, 0.3) is 0 Å². The molecule has 3 heteroatoms. The highest BCUT2D eigenvalue weighted by molar-refractivity contribution is 4.92. The Kier molecular flexibility index (Phi) is 4.45. The maximum Gasteiger partial charge on any atom is 0.0710 e. The maximum atomic E-state index is 6.49. The van der Waals surface area contributed by atoms with Crippen molar-refractivity contribution in [2.45, 2.75) is 75.5 Å². The Morgan fingerprint density at radius 2 is 1.79 bits per heavy atom. The maximum absolute atomic E-state index is 6.49. The molecule has 3 nitrogen and oxygen atoms in total. The molecule has 1 aliphatic carbocycles. The van der Waals surface area contributed by atoms with Gasteiger partial charge in [-0.2, -0.15) is 0 Å². The third-order valence-corrected chi connectivity index (χ3v) is 5.56. The van der Waals surface area contributed by atoms with Gasteiger partial charge in [-0.1, -0.05) is 19.3 Å². The molecule has 2 heterocycles. The van der Waals surface area contributed by atoms with Gasteiger partial charge in [-0.05, 0) is 58.7 Å². The second-order valence-electron chi connectivity index (χ2n) is 6.89. The van der Waals surface area contributed by atoms with Crippen LogP contribution in [-0.4, -0.2) is 49.3 Å². The van der Waals surface area contributed by atoms with Gasteiger partial charge in [0.2, 0.25) is 0 Å². The molecule has 1 unspecified atom stereocenters. The topological polar surface area (TPSA) is 24.5 Å². The summed E-state index contributed by atoms with van der Waals surface area (Å²) in [6.07, 6.45) is 12.6. The zero-order valence-electron chi connectivity index (χ0n) is 12.5. The molecule has 3 rings (SSSR count). The summed E-state index contributed by atoms with van der Waals surface area (Å²) in [5.74, 6) is 0. The normalized spacial score (nSPS) is 33.0. The van der Waals surface area contributed by atoms with Gasteiger partial charge in [0.1, 0.15) is 0 Å². The Bertz CT molecular complexity index is 280. The number of nitrogens with one attached hydrogen (secondary N) is 1. The predicted octanol–water partition coefficient (Wildman–Crippen LogP) is 2.55. The summed E-state index contributed by atoms with van der Waals surface area (Å²) in [5, 5.41) is 3.41. The smallest absolute Gasteiger partial charge is 0.0710 e. The van der Waals surface area contributed by atoms with Crippen molar-refractivity contribution in [3.63, 3.8) is 0 Å². The predicted molar refractivity (Wildman–Crippen MR) is 78.4 cm³/mol. The van der Waals surface area contributed by atoms with Gasteiger partial charge >= 0.3 is 0 Å².